The van der Waals surface area contributed by atoms with Crippen molar-refractivity contribution in [3.05, 3.63) is 89.4 Å². The Hall–Kier alpha value is -4.34. The third-order valence-corrected chi connectivity index (χ3v) is 6.82. The van der Waals surface area contributed by atoms with Gasteiger partial charge in [-0.1, -0.05) is 54.6 Å². The van der Waals surface area contributed by atoms with Crippen molar-refractivity contribution in [2.45, 2.75) is 12.3 Å². The molecule has 0 saturated carbocycles. The summed E-state index contributed by atoms with van der Waals surface area (Å²) in [7, 11) is 0. The molecule has 2 aromatic heterocycles. The smallest absolute Gasteiger partial charge is 0.355 e. The van der Waals surface area contributed by atoms with Crippen LogP contribution in [-0.2, 0) is 4.79 Å². The van der Waals surface area contributed by atoms with Crippen LogP contribution in [0, 0.1) is 0 Å². The summed E-state index contributed by atoms with van der Waals surface area (Å²) >= 11 is 1.29. The number of rotatable bonds is 8. The number of hydrogen-bond donors (Lipinski definition) is 4. The summed E-state index contributed by atoms with van der Waals surface area (Å²) in [5.41, 5.74) is 10.7. The fraction of sp³-hybridized carbons (Fsp3) is 0.111. The van der Waals surface area contributed by atoms with Gasteiger partial charge in [0.25, 0.3) is 0 Å². The zero-order chi connectivity index (χ0) is 25.1. The van der Waals surface area contributed by atoms with Crippen LogP contribution in [0.15, 0.2) is 78.2 Å². The second kappa shape index (κ2) is 10.1. The lowest BCUT2D eigenvalue weighted by atomic mass is 9.94. The number of thiazole rings is 1. The van der Waals surface area contributed by atoms with Gasteiger partial charge in [0.2, 0.25) is 5.91 Å². The van der Waals surface area contributed by atoms with Gasteiger partial charge in [-0.05, 0) is 36.7 Å². The van der Waals surface area contributed by atoms with Gasteiger partial charge in [0, 0.05) is 27.6 Å². The molecule has 2 heterocycles. The summed E-state index contributed by atoms with van der Waals surface area (Å²) in [5, 5.41) is 22.7. The maximum absolute atomic E-state index is 13.1. The van der Waals surface area contributed by atoms with Gasteiger partial charge in [-0.3, -0.25) is 9.89 Å². The lowest BCUT2D eigenvalue weighted by Gasteiger charge is -2.16. The maximum atomic E-state index is 13.1. The Labute approximate surface area is 210 Å². The van der Waals surface area contributed by atoms with Gasteiger partial charge in [-0.2, -0.15) is 5.10 Å². The van der Waals surface area contributed by atoms with Crippen LogP contribution in [0.5, 0.6) is 0 Å². The minimum absolute atomic E-state index is 0.0351. The van der Waals surface area contributed by atoms with E-state index in [1.54, 1.807) is 0 Å². The third kappa shape index (κ3) is 4.74. The summed E-state index contributed by atoms with van der Waals surface area (Å²) in [6.07, 6.45) is 0.550. The molecular weight excluding hydrogens is 474 g/mol. The molecular formula is C27H23N5O3S. The molecule has 1 atom stereocenters. The SMILES string of the molecule is NCCC(C(=O)Nc1ccc2[nH]nc(-c3ccc(-c4nc(C(=O)O)cs4)cc3)c2c1)c1ccccc1. The number of carbonyl (C=O) groups is 2. The molecule has 0 saturated heterocycles. The molecule has 5 N–H and O–H groups in total. The number of carboxylic acid groups (broad SMARTS) is 1. The largest absolute Gasteiger partial charge is 0.476 e. The number of nitrogens with two attached hydrogens (primary N) is 1. The first-order chi connectivity index (χ1) is 17.5. The summed E-state index contributed by atoms with van der Waals surface area (Å²) in [6.45, 7) is 0.409. The Bertz CT molecular complexity index is 1530. The number of carbonyl (C=O) groups excluding carboxylic acids is 1. The van der Waals surface area contributed by atoms with Crippen molar-refractivity contribution in [3.8, 4) is 21.8 Å². The van der Waals surface area contributed by atoms with E-state index in [1.807, 2.05) is 72.8 Å². The molecule has 1 amide bonds. The molecule has 3 aromatic carbocycles. The van der Waals surface area contributed by atoms with E-state index < -0.39 is 5.97 Å². The van der Waals surface area contributed by atoms with Crippen molar-refractivity contribution < 1.29 is 14.7 Å². The van der Waals surface area contributed by atoms with E-state index in [-0.39, 0.29) is 17.5 Å². The molecule has 180 valence electrons. The van der Waals surface area contributed by atoms with Crippen LogP contribution in [0.3, 0.4) is 0 Å². The van der Waals surface area contributed by atoms with Crippen LogP contribution in [0.25, 0.3) is 32.7 Å². The normalized spacial score (nSPS) is 11.9. The van der Waals surface area contributed by atoms with Crippen LogP contribution in [-0.4, -0.2) is 38.7 Å². The highest BCUT2D eigenvalue weighted by Gasteiger charge is 2.20. The average molecular weight is 498 g/mol. The molecule has 36 heavy (non-hydrogen) atoms. The Morgan fingerprint density at radius 3 is 2.47 bits per heavy atom. The van der Waals surface area contributed by atoms with E-state index >= 15 is 0 Å². The van der Waals surface area contributed by atoms with Gasteiger partial charge in [-0.15, -0.1) is 11.3 Å². The first kappa shape index (κ1) is 23.4. The van der Waals surface area contributed by atoms with Gasteiger partial charge >= 0.3 is 5.97 Å². The fourth-order valence-electron chi connectivity index (χ4n) is 4.12. The van der Waals surface area contributed by atoms with Crippen molar-refractivity contribution in [2.75, 3.05) is 11.9 Å². The molecule has 0 spiro atoms. The zero-order valence-corrected chi connectivity index (χ0v) is 20.0. The van der Waals surface area contributed by atoms with Gasteiger partial charge in [0.15, 0.2) is 5.69 Å². The topological polar surface area (TPSA) is 134 Å². The van der Waals surface area contributed by atoms with E-state index in [0.717, 1.165) is 33.3 Å². The van der Waals surface area contributed by atoms with E-state index in [0.29, 0.717) is 23.7 Å². The van der Waals surface area contributed by atoms with Gasteiger partial charge < -0.3 is 16.2 Å². The second-order valence-electron chi connectivity index (χ2n) is 8.28. The number of benzene rings is 3. The molecule has 0 aliphatic rings. The van der Waals surface area contributed by atoms with Crippen LogP contribution in [0.1, 0.15) is 28.4 Å². The molecule has 0 aliphatic heterocycles. The highest BCUT2D eigenvalue weighted by Crippen LogP contribution is 2.32. The number of anilines is 1. The van der Waals surface area contributed by atoms with Crippen molar-refractivity contribution in [1.82, 2.24) is 15.2 Å². The molecule has 1 unspecified atom stereocenters. The Balaban J connectivity index is 1.40. The van der Waals surface area contributed by atoms with Crippen LogP contribution >= 0.6 is 11.3 Å². The number of nitrogens with one attached hydrogen (secondary N) is 2. The summed E-state index contributed by atoms with van der Waals surface area (Å²) in [5.74, 6) is -1.49. The first-order valence-corrected chi connectivity index (χ1v) is 12.2. The molecule has 9 heteroatoms. The maximum Gasteiger partial charge on any atom is 0.355 e. The number of aromatic nitrogens is 3. The monoisotopic (exact) mass is 497 g/mol. The average Bonchev–Trinajstić information content (AvgIpc) is 3.56. The second-order valence-corrected chi connectivity index (χ2v) is 9.14. The van der Waals surface area contributed by atoms with Gasteiger partial charge in [-0.25, -0.2) is 9.78 Å². The number of carboxylic acids is 1. The Morgan fingerprint density at radius 1 is 1.03 bits per heavy atom. The fourth-order valence-corrected chi connectivity index (χ4v) is 4.92. The summed E-state index contributed by atoms with van der Waals surface area (Å²) in [6, 6.07) is 22.9. The number of H-pyrrole nitrogens is 1. The highest BCUT2D eigenvalue weighted by atomic mass is 32.1. The van der Waals surface area contributed by atoms with Crippen molar-refractivity contribution >= 4 is 39.8 Å². The van der Waals surface area contributed by atoms with E-state index in [1.165, 1.54) is 16.7 Å². The zero-order valence-electron chi connectivity index (χ0n) is 19.1. The quantitative estimate of drug-likeness (QED) is 0.235. The third-order valence-electron chi connectivity index (χ3n) is 5.93. The lowest BCUT2D eigenvalue weighted by Crippen LogP contribution is -2.23. The minimum atomic E-state index is -1.04. The molecule has 0 fully saturated rings. The molecule has 0 radical (unpaired) electrons. The van der Waals surface area contributed by atoms with Crippen LogP contribution in [0.4, 0.5) is 5.69 Å². The number of nitrogens with zero attached hydrogens (tertiary/aromatic N) is 2. The predicted molar refractivity (Wildman–Crippen MR) is 141 cm³/mol. The molecule has 0 bridgehead atoms. The van der Waals surface area contributed by atoms with Crippen molar-refractivity contribution in [3.63, 3.8) is 0 Å². The standard InChI is InChI=1S/C27H23N5O3S/c28-13-12-20(16-4-2-1-3-5-16)25(33)29-19-10-11-22-21(14-19)24(32-31-22)17-6-8-18(9-7-17)26-30-23(15-36-26)27(34)35/h1-11,14-15,20H,12-13,28H2,(H,29,33)(H,31,32)(H,34,35). The first-order valence-electron chi connectivity index (χ1n) is 11.4. The number of aromatic amines is 1. The van der Waals surface area contributed by atoms with Crippen LogP contribution in [0.2, 0.25) is 0 Å². The Kier molecular flexibility index (Phi) is 6.57. The number of hydrogen-bond acceptors (Lipinski definition) is 6. The summed E-state index contributed by atoms with van der Waals surface area (Å²) in [4.78, 5) is 28.4. The minimum Gasteiger partial charge on any atom is -0.476 e. The highest BCUT2D eigenvalue weighted by molar-refractivity contribution is 7.13. The van der Waals surface area contributed by atoms with E-state index in [4.69, 9.17) is 10.8 Å². The predicted octanol–water partition coefficient (Wildman–Crippen LogP) is 5.12. The number of fused-ring (bicyclic) bond motifs is 1. The Morgan fingerprint density at radius 2 is 1.78 bits per heavy atom. The van der Waals surface area contributed by atoms with Crippen LogP contribution < -0.4 is 11.1 Å². The molecule has 8 nitrogen and oxygen atoms in total. The molecule has 0 aliphatic carbocycles. The molecule has 5 rings (SSSR count). The molecule has 5 aromatic rings. The van der Waals surface area contributed by atoms with Crippen molar-refractivity contribution in [1.29, 1.82) is 0 Å². The van der Waals surface area contributed by atoms with Crippen molar-refractivity contribution in [2.24, 2.45) is 5.73 Å². The number of aromatic carboxylic acids is 1. The lowest BCUT2D eigenvalue weighted by molar-refractivity contribution is -0.117. The summed E-state index contributed by atoms with van der Waals surface area (Å²) < 4.78 is 0. The van der Waals surface area contributed by atoms with Gasteiger partial charge in [0.1, 0.15) is 5.01 Å². The van der Waals surface area contributed by atoms with E-state index in [2.05, 4.69) is 20.5 Å². The number of amides is 1. The van der Waals surface area contributed by atoms with E-state index in [9.17, 15) is 9.59 Å². The van der Waals surface area contributed by atoms with Gasteiger partial charge in [0.05, 0.1) is 17.1 Å².